The van der Waals surface area contributed by atoms with Gasteiger partial charge >= 0.3 is 6.03 Å². The second kappa shape index (κ2) is 15.5. The van der Waals surface area contributed by atoms with Crippen LogP contribution < -0.4 is 16.4 Å². The van der Waals surface area contributed by atoms with Gasteiger partial charge in [-0.25, -0.2) is 9.78 Å². The molecule has 3 atom stereocenters. The second-order valence-electron chi connectivity index (χ2n) is 11.3. The minimum Gasteiger partial charge on any atom is -0.351 e. The van der Waals surface area contributed by atoms with E-state index in [9.17, 15) is 9.59 Å². The molecule has 0 radical (unpaired) electrons. The van der Waals surface area contributed by atoms with Crippen molar-refractivity contribution in [1.29, 1.82) is 0 Å². The summed E-state index contributed by atoms with van der Waals surface area (Å²) in [6.07, 6.45) is 3.02. The van der Waals surface area contributed by atoms with Crippen LogP contribution in [0.15, 0.2) is 66.0 Å². The monoisotopic (exact) mass is 563 g/mol. The van der Waals surface area contributed by atoms with E-state index >= 15 is 0 Å². The van der Waals surface area contributed by atoms with Gasteiger partial charge in [0.25, 0.3) is 0 Å². The average Bonchev–Trinajstić information content (AvgIpc) is 3.40. The molecule has 216 valence electrons. The molecule has 0 fully saturated rings. The van der Waals surface area contributed by atoms with E-state index in [-0.39, 0.29) is 29.9 Å². The summed E-state index contributed by atoms with van der Waals surface area (Å²) in [5, 5.41) is 9.24. The van der Waals surface area contributed by atoms with Gasteiger partial charge in [0.2, 0.25) is 5.91 Å². The van der Waals surface area contributed by atoms with Crippen molar-refractivity contribution >= 4 is 23.3 Å². The summed E-state index contributed by atoms with van der Waals surface area (Å²) in [5.41, 5.74) is 9.70. The van der Waals surface area contributed by atoms with Crippen LogP contribution in [0.3, 0.4) is 0 Å². The molecule has 3 amide bonds. The molecule has 4 N–H and O–H groups in total. The number of urea groups is 1. The van der Waals surface area contributed by atoms with Crippen molar-refractivity contribution < 1.29 is 9.59 Å². The fraction of sp³-hybridized carbons (Fsp3) is 0.469. The highest BCUT2D eigenvalue weighted by atomic mass is 32.1. The Balaban J connectivity index is 1.62. The number of carbonyl (C=O) groups is 2. The highest BCUT2D eigenvalue weighted by Gasteiger charge is 2.28. The molecule has 2 aromatic carbocycles. The fourth-order valence-corrected chi connectivity index (χ4v) is 5.43. The Kier molecular flexibility index (Phi) is 12.2. The first-order chi connectivity index (χ1) is 19.1. The van der Waals surface area contributed by atoms with Crippen molar-refractivity contribution in [3.05, 3.63) is 87.9 Å². The molecule has 3 rings (SSSR count). The predicted octanol–water partition coefficient (Wildman–Crippen LogP) is 5.51. The van der Waals surface area contributed by atoms with E-state index < -0.39 is 6.04 Å². The van der Waals surface area contributed by atoms with Gasteiger partial charge in [-0.1, -0.05) is 88.4 Å². The predicted molar refractivity (Wildman–Crippen MR) is 164 cm³/mol. The maximum Gasteiger partial charge on any atom is 0.318 e. The van der Waals surface area contributed by atoms with Crippen LogP contribution in [0.2, 0.25) is 0 Å². The molecule has 1 heterocycles. The zero-order valence-corrected chi connectivity index (χ0v) is 25.3. The van der Waals surface area contributed by atoms with Gasteiger partial charge in [0.15, 0.2) is 0 Å². The molecule has 0 aliphatic rings. The highest BCUT2D eigenvalue weighted by Crippen LogP contribution is 2.20. The van der Waals surface area contributed by atoms with Crippen LogP contribution in [0.25, 0.3) is 0 Å². The lowest BCUT2D eigenvalue weighted by atomic mass is 9.95. The van der Waals surface area contributed by atoms with E-state index in [4.69, 9.17) is 5.73 Å². The minimum absolute atomic E-state index is 0.00579. The van der Waals surface area contributed by atoms with Gasteiger partial charge < -0.3 is 21.3 Å². The van der Waals surface area contributed by atoms with Gasteiger partial charge in [-0.15, -0.1) is 11.3 Å². The highest BCUT2D eigenvalue weighted by molar-refractivity contribution is 7.09. The normalized spacial score (nSPS) is 13.6. The fourth-order valence-electron chi connectivity index (χ4n) is 4.60. The number of nitrogens with two attached hydrogens (primary N) is 1. The van der Waals surface area contributed by atoms with E-state index in [0.29, 0.717) is 18.9 Å². The summed E-state index contributed by atoms with van der Waals surface area (Å²) >= 11 is 1.61. The zero-order chi connectivity index (χ0) is 29.1. The molecule has 0 aliphatic heterocycles. The summed E-state index contributed by atoms with van der Waals surface area (Å²) < 4.78 is 0. The molecule has 3 unspecified atom stereocenters. The molecule has 1 aromatic heterocycles. The van der Waals surface area contributed by atoms with Crippen LogP contribution in [0, 0.1) is 5.92 Å². The van der Waals surface area contributed by atoms with E-state index in [1.54, 1.807) is 23.3 Å². The number of carbonyl (C=O) groups excluding carboxylic acids is 2. The standard InChI is InChI=1S/C32H45N5O2S/c1-22(2)29(36-32(39)37(5)20-28-21-40-31(35-28)23(3)4)30(38)34-27(19-25-14-10-7-11-15-25)17-16-26(33)18-24-12-8-6-9-13-24/h6-15,21-23,26-27,29H,16-20,33H2,1-5H3,(H,34,38)(H,36,39). The van der Waals surface area contributed by atoms with Crippen LogP contribution in [-0.4, -0.2) is 47.0 Å². The first-order valence-electron chi connectivity index (χ1n) is 14.2. The SMILES string of the molecule is CC(C)c1nc(CN(C)C(=O)NC(C(=O)NC(CCC(N)Cc2ccccc2)Cc2ccccc2)C(C)C)cs1. The van der Waals surface area contributed by atoms with Gasteiger partial charge in [-0.05, 0) is 42.7 Å². The smallest absolute Gasteiger partial charge is 0.318 e. The Labute approximate surface area is 243 Å². The second-order valence-corrected chi connectivity index (χ2v) is 12.2. The Bertz CT molecular complexity index is 1180. The van der Waals surface area contributed by atoms with E-state index in [1.807, 2.05) is 55.6 Å². The largest absolute Gasteiger partial charge is 0.351 e. The minimum atomic E-state index is -0.659. The topological polar surface area (TPSA) is 100 Å². The van der Waals surface area contributed by atoms with Gasteiger partial charge in [0, 0.05) is 30.4 Å². The van der Waals surface area contributed by atoms with Crippen molar-refractivity contribution in [1.82, 2.24) is 20.5 Å². The molecule has 0 aliphatic carbocycles. The van der Waals surface area contributed by atoms with Crippen LogP contribution in [0.4, 0.5) is 4.79 Å². The number of aromatic nitrogens is 1. The Morgan fingerprint density at radius 1 is 0.900 bits per heavy atom. The third-order valence-corrected chi connectivity index (χ3v) is 8.13. The van der Waals surface area contributed by atoms with Gasteiger partial charge in [-0.3, -0.25) is 4.79 Å². The first-order valence-corrected chi connectivity index (χ1v) is 15.1. The molecular formula is C32H45N5O2S. The van der Waals surface area contributed by atoms with Crippen molar-refractivity contribution in [3.8, 4) is 0 Å². The molecule has 8 heteroatoms. The Morgan fingerprint density at radius 2 is 1.50 bits per heavy atom. The molecule has 0 saturated heterocycles. The number of amides is 3. The van der Waals surface area contributed by atoms with Crippen molar-refractivity contribution in [2.45, 2.75) is 84.0 Å². The van der Waals surface area contributed by atoms with Gasteiger partial charge in [0.05, 0.1) is 17.2 Å². The summed E-state index contributed by atoms with van der Waals surface area (Å²) in [6, 6.07) is 19.3. The lowest BCUT2D eigenvalue weighted by molar-refractivity contribution is -0.124. The number of thiazole rings is 1. The number of benzene rings is 2. The molecule has 7 nitrogen and oxygen atoms in total. The molecule has 3 aromatic rings. The summed E-state index contributed by atoms with van der Waals surface area (Å²) in [5.74, 6) is 0.0931. The van der Waals surface area contributed by atoms with E-state index in [0.717, 1.165) is 35.5 Å². The van der Waals surface area contributed by atoms with E-state index in [2.05, 4.69) is 53.7 Å². The maximum atomic E-state index is 13.5. The van der Waals surface area contributed by atoms with Crippen LogP contribution in [0.5, 0.6) is 0 Å². The summed E-state index contributed by atoms with van der Waals surface area (Å²) in [4.78, 5) is 32.8. The number of rotatable bonds is 14. The van der Waals surface area contributed by atoms with Gasteiger partial charge in [0.1, 0.15) is 6.04 Å². The van der Waals surface area contributed by atoms with Crippen LogP contribution >= 0.6 is 11.3 Å². The number of nitrogens with one attached hydrogen (secondary N) is 2. The molecule has 0 bridgehead atoms. The Morgan fingerprint density at radius 3 is 2.05 bits per heavy atom. The lowest BCUT2D eigenvalue weighted by Crippen LogP contribution is -2.54. The van der Waals surface area contributed by atoms with Crippen LogP contribution in [0.1, 0.15) is 68.3 Å². The number of hydrogen-bond acceptors (Lipinski definition) is 5. The Hall–Kier alpha value is -3.23. The van der Waals surface area contributed by atoms with Crippen molar-refractivity contribution in [2.75, 3.05) is 7.05 Å². The quantitative estimate of drug-likeness (QED) is 0.241. The van der Waals surface area contributed by atoms with Crippen LogP contribution in [-0.2, 0) is 24.2 Å². The first kappa shape index (κ1) is 31.3. The van der Waals surface area contributed by atoms with Crippen molar-refractivity contribution in [2.24, 2.45) is 11.7 Å². The maximum absolute atomic E-state index is 13.5. The lowest BCUT2D eigenvalue weighted by Gasteiger charge is -2.28. The third kappa shape index (κ3) is 10.1. The van der Waals surface area contributed by atoms with E-state index in [1.165, 1.54) is 5.56 Å². The zero-order valence-electron chi connectivity index (χ0n) is 24.5. The molecule has 0 spiro atoms. The third-order valence-electron chi connectivity index (χ3n) is 6.94. The number of hydrogen-bond donors (Lipinski definition) is 3. The van der Waals surface area contributed by atoms with Crippen molar-refractivity contribution in [3.63, 3.8) is 0 Å². The summed E-state index contributed by atoms with van der Waals surface area (Å²) in [7, 11) is 1.73. The molecule has 40 heavy (non-hydrogen) atoms. The molecule has 0 saturated carbocycles. The molecular weight excluding hydrogens is 518 g/mol. The number of nitrogens with zero attached hydrogens (tertiary/aromatic N) is 2. The average molecular weight is 564 g/mol. The summed E-state index contributed by atoms with van der Waals surface area (Å²) in [6.45, 7) is 8.49. The van der Waals surface area contributed by atoms with Gasteiger partial charge in [-0.2, -0.15) is 0 Å².